The summed E-state index contributed by atoms with van der Waals surface area (Å²) in [5.41, 5.74) is -0.154. The summed E-state index contributed by atoms with van der Waals surface area (Å²) < 4.78 is 121. The molecule has 3 aliphatic carbocycles. The van der Waals surface area contributed by atoms with Crippen molar-refractivity contribution in [3.8, 4) is 0 Å². The quantitative estimate of drug-likeness (QED) is 0.145. The number of fused-ring (bicyclic) bond motifs is 4. The molecule has 0 aliphatic heterocycles. The van der Waals surface area contributed by atoms with E-state index in [1.54, 1.807) is 0 Å². The second-order valence-electron chi connectivity index (χ2n) is 9.83. The van der Waals surface area contributed by atoms with Crippen LogP contribution in [0.2, 0.25) is 0 Å². The van der Waals surface area contributed by atoms with E-state index in [-0.39, 0.29) is 18.6 Å². The Morgan fingerprint density at radius 1 is 0.909 bits per heavy atom. The molecule has 33 heavy (non-hydrogen) atoms. The molecule has 0 aromatic carbocycles. The fraction of sp³-hybridized carbons (Fsp3) is 1.00. The molecular formula is C21H32F8O3S. The number of thioether (sulfide) groups is 1. The number of rotatable bonds is 13. The van der Waals surface area contributed by atoms with Crippen molar-refractivity contribution >= 4 is 11.8 Å². The van der Waals surface area contributed by atoms with Gasteiger partial charge in [-0.1, -0.05) is 25.6 Å². The predicted octanol–water partition coefficient (Wildman–Crippen LogP) is 7.40. The minimum atomic E-state index is -5.84. The first-order chi connectivity index (χ1) is 15.0. The fourth-order valence-corrected chi connectivity index (χ4v) is 5.47. The molecule has 12 heteroatoms. The molecule has 0 aromatic heterocycles. The van der Waals surface area contributed by atoms with Crippen molar-refractivity contribution in [2.24, 2.45) is 23.2 Å². The summed E-state index contributed by atoms with van der Waals surface area (Å²) in [6.45, 7) is 4.20. The Morgan fingerprint density at radius 2 is 1.55 bits per heavy atom. The molecule has 0 N–H and O–H groups in total. The SMILES string of the molecule is COCSC(F)(F)C(F)(F)OC(F)(F)C(F)(F)CCCOCC1(C)CC(C)CC2CC(C2)C1. The van der Waals surface area contributed by atoms with Crippen molar-refractivity contribution in [1.29, 1.82) is 0 Å². The molecule has 3 aliphatic rings. The molecule has 3 rings (SSSR count). The van der Waals surface area contributed by atoms with Crippen LogP contribution in [-0.4, -0.2) is 49.7 Å². The van der Waals surface area contributed by atoms with Gasteiger partial charge in [-0.05, 0) is 61.7 Å². The lowest BCUT2D eigenvalue weighted by Crippen LogP contribution is -2.52. The largest absolute Gasteiger partial charge is 0.434 e. The van der Waals surface area contributed by atoms with Crippen LogP contribution in [-0.2, 0) is 14.2 Å². The van der Waals surface area contributed by atoms with Crippen molar-refractivity contribution in [1.82, 2.24) is 0 Å². The molecule has 3 nitrogen and oxygen atoms in total. The highest BCUT2D eigenvalue weighted by Crippen LogP contribution is 2.51. The van der Waals surface area contributed by atoms with Gasteiger partial charge in [0, 0.05) is 20.1 Å². The Labute approximate surface area is 193 Å². The van der Waals surface area contributed by atoms with Gasteiger partial charge in [-0.2, -0.15) is 35.1 Å². The highest BCUT2D eigenvalue weighted by atomic mass is 32.2. The number of methoxy groups -OCH3 is 1. The third-order valence-electron chi connectivity index (χ3n) is 6.30. The highest BCUT2D eigenvalue weighted by Gasteiger charge is 2.68. The minimum Gasteiger partial charge on any atom is -0.381 e. The van der Waals surface area contributed by atoms with Crippen LogP contribution in [0, 0.1) is 23.2 Å². The van der Waals surface area contributed by atoms with Crippen LogP contribution in [0.1, 0.15) is 58.8 Å². The summed E-state index contributed by atoms with van der Waals surface area (Å²) in [5.74, 6) is -4.21. The van der Waals surface area contributed by atoms with Gasteiger partial charge in [0.05, 0.1) is 12.5 Å². The summed E-state index contributed by atoms with van der Waals surface area (Å²) in [4.78, 5) is 0. The first-order valence-electron chi connectivity index (χ1n) is 10.9. The van der Waals surface area contributed by atoms with E-state index >= 15 is 0 Å². The third kappa shape index (κ3) is 7.57. The van der Waals surface area contributed by atoms with Gasteiger partial charge in [-0.25, -0.2) is 4.74 Å². The summed E-state index contributed by atoms with van der Waals surface area (Å²) in [6, 6.07) is 0. The number of hydrogen-bond donors (Lipinski definition) is 0. The lowest BCUT2D eigenvalue weighted by atomic mass is 9.60. The first kappa shape index (κ1) is 28.9. The van der Waals surface area contributed by atoms with E-state index in [4.69, 9.17) is 4.74 Å². The molecule has 2 atom stereocenters. The van der Waals surface area contributed by atoms with Gasteiger partial charge in [-0.15, -0.1) is 0 Å². The van der Waals surface area contributed by atoms with Crippen molar-refractivity contribution in [2.75, 3.05) is 26.3 Å². The van der Waals surface area contributed by atoms with E-state index < -0.39 is 53.9 Å². The maximum Gasteiger partial charge on any atom is 0.434 e. The molecule has 196 valence electrons. The first-order valence-corrected chi connectivity index (χ1v) is 11.9. The number of ether oxygens (including phenoxy) is 3. The number of hydrogen-bond acceptors (Lipinski definition) is 4. The molecule has 0 heterocycles. The van der Waals surface area contributed by atoms with E-state index in [0.717, 1.165) is 32.3 Å². The summed E-state index contributed by atoms with van der Waals surface area (Å²) in [7, 11) is 0.910. The molecule has 0 amide bonds. The van der Waals surface area contributed by atoms with Gasteiger partial charge in [0.15, 0.2) is 0 Å². The molecule has 3 saturated carbocycles. The van der Waals surface area contributed by atoms with Gasteiger partial charge < -0.3 is 9.47 Å². The minimum absolute atomic E-state index is 0.154. The number of halogens is 8. The summed E-state index contributed by atoms with van der Waals surface area (Å²) in [5, 5.41) is -5.20. The molecule has 0 aromatic rings. The molecule has 0 saturated heterocycles. The third-order valence-corrected chi connectivity index (χ3v) is 7.25. The van der Waals surface area contributed by atoms with Crippen LogP contribution >= 0.6 is 11.8 Å². The zero-order valence-corrected chi connectivity index (χ0v) is 19.8. The second kappa shape index (κ2) is 10.7. The topological polar surface area (TPSA) is 27.7 Å². The lowest BCUT2D eigenvalue weighted by molar-refractivity contribution is -0.455. The smallest absolute Gasteiger partial charge is 0.381 e. The van der Waals surface area contributed by atoms with Gasteiger partial charge in [0.25, 0.3) is 0 Å². The second-order valence-corrected chi connectivity index (χ2v) is 10.9. The maximum absolute atomic E-state index is 13.9. The van der Waals surface area contributed by atoms with E-state index in [0.29, 0.717) is 11.8 Å². The highest BCUT2D eigenvalue weighted by molar-refractivity contribution is 8.00. The Kier molecular flexibility index (Phi) is 9.41. The summed E-state index contributed by atoms with van der Waals surface area (Å²) in [6.07, 6.45) is -8.45. The number of alkyl halides is 8. The van der Waals surface area contributed by atoms with E-state index in [2.05, 4.69) is 23.3 Å². The Morgan fingerprint density at radius 3 is 2.15 bits per heavy atom. The standard InChI is InChI=1S/C21H32F8O3S/c1-14-7-15-8-16(9-15)11-17(2,10-14)12-31-6-4-5-18(22,23)19(24,25)32-20(26,27)21(28,29)33-13-30-3/h14-16H,4-13H2,1-3H3. The molecule has 0 spiro atoms. The van der Waals surface area contributed by atoms with Gasteiger partial charge in [0.1, 0.15) is 0 Å². The van der Waals surface area contributed by atoms with Crippen molar-refractivity contribution < 1.29 is 49.3 Å². The van der Waals surface area contributed by atoms with Gasteiger partial charge >= 0.3 is 23.4 Å². The average molecular weight is 517 g/mol. The van der Waals surface area contributed by atoms with E-state index in [1.807, 2.05) is 0 Å². The molecule has 2 unspecified atom stereocenters. The summed E-state index contributed by atoms with van der Waals surface area (Å²) >= 11 is -0.848. The lowest BCUT2D eigenvalue weighted by Gasteiger charge is -2.47. The molecular weight excluding hydrogens is 484 g/mol. The Hall–Kier alpha value is -0.330. The maximum atomic E-state index is 13.9. The molecule has 2 bridgehead atoms. The monoisotopic (exact) mass is 516 g/mol. The van der Waals surface area contributed by atoms with Crippen LogP contribution in [0.5, 0.6) is 0 Å². The molecule has 3 fully saturated rings. The average Bonchev–Trinajstić information content (AvgIpc) is 2.61. The zero-order valence-electron chi connectivity index (χ0n) is 19.0. The van der Waals surface area contributed by atoms with Crippen molar-refractivity contribution in [3.63, 3.8) is 0 Å². The predicted molar refractivity (Wildman–Crippen MR) is 108 cm³/mol. The fourth-order valence-electron chi connectivity index (χ4n) is 5.00. The van der Waals surface area contributed by atoms with Crippen LogP contribution in [0.25, 0.3) is 0 Å². The van der Waals surface area contributed by atoms with Crippen molar-refractivity contribution in [3.05, 3.63) is 0 Å². The van der Waals surface area contributed by atoms with E-state index in [1.165, 1.54) is 12.8 Å². The van der Waals surface area contributed by atoms with Gasteiger partial charge in [0.2, 0.25) is 0 Å². The zero-order chi connectivity index (χ0) is 25.1. The Bertz CT molecular complexity index is 627. The van der Waals surface area contributed by atoms with Crippen LogP contribution < -0.4 is 0 Å². The van der Waals surface area contributed by atoms with Gasteiger partial charge in [-0.3, -0.25) is 0 Å². The normalized spacial score (nSPS) is 29.4. The Balaban J connectivity index is 1.82. The van der Waals surface area contributed by atoms with Crippen LogP contribution in [0.3, 0.4) is 0 Å². The molecule has 0 radical (unpaired) electrons. The van der Waals surface area contributed by atoms with Crippen LogP contribution in [0.4, 0.5) is 35.1 Å². The van der Waals surface area contributed by atoms with Crippen LogP contribution in [0.15, 0.2) is 0 Å². The van der Waals surface area contributed by atoms with Crippen molar-refractivity contribution in [2.45, 2.75) is 82.2 Å². The van der Waals surface area contributed by atoms with E-state index in [9.17, 15) is 35.1 Å².